The summed E-state index contributed by atoms with van der Waals surface area (Å²) in [5, 5.41) is 2.88. The van der Waals surface area contributed by atoms with E-state index in [1.807, 2.05) is 0 Å². The number of rotatable bonds is 6. The molecular weight excluding hydrogens is 475 g/mol. The Morgan fingerprint density at radius 2 is 1.79 bits per heavy atom. The lowest BCUT2D eigenvalue weighted by atomic mass is 10.2. The third kappa shape index (κ3) is 5.32. The maximum Gasteiger partial charge on any atom is 0.416 e. The Hall–Kier alpha value is -3.98. The third-order valence-electron chi connectivity index (χ3n) is 4.61. The number of anilines is 1. The minimum Gasteiger partial charge on any atom is -0.484 e. The SMILES string of the molecule is O=C(COc1ccc2c(=O)c(Oc3ccccc3Cl)coc2c1)Nc1cccc(C(F)(F)F)c1. The number of para-hydroxylation sites is 1. The molecule has 0 aliphatic carbocycles. The van der Waals surface area contributed by atoms with Gasteiger partial charge in [-0.25, -0.2) is 0 Å². The summed E-state index contributed by atoms with van der Waals surface area (Å²) in [6.45, 7) is -0.473. The van der Waals surface area contributed by atoms with E-state index in [4.69, 9.17) is 25.5 Å². The summed E-state index contributed by atoms with van der Waals surface area (Å²) in [5.74, 6) is -0.212. The number of ether oxygens (including phenoxy) is 2. The molecule has 0 aliphatic rings. The normalized spacial score (nSPS) is 11.3. The van der Waals surface area contributed by atoms with Crippen molar-refractivity contribution in [3.63, 3.8) is 0 Å². The number of hydrogen-bond acceptors (Lipinski definition) is 5. The van der Waals surface area contributed by atoms with Crippen molar-refractivity contribution in [2.75, 3.05) is 11.9 Å². The van der Waals surface area contributed by atoms with Crippen LogP contribution >= 0.6 is 11.6 Å². The van der Waals surface area contributed by atoms with E-state index in [0.717, 1.165) is 18.4 Å². The summed E-state index contributed by atoms with van der Waals surface area (Å²) in [4.78, 5) is 24.8. The fourth-order valence-electron chi connectivity index (χ4n) is 3.02. The quantitative estimate of drug-likeness (QED) is 0.345. The van der Waals surface area contributed by atoms with Crippen LogP contribution in [0, 0.1) is 0 Å². The molecule has 1 N–H and O–H groups in total. The maximum atomic E-state index is 12.8. The van der Waals surface area contributed by atoms with Crippen LogP contribution in [0.2, 0.25) is 5.02 Å². The third-order valence-corrected chi connectivity index (χ3v) is 4.93. The van der Waals surface area contributed by atoms with Gasteiger partial charge in [-0.1, -0.05) is 29.8 Å². The molecule has 4 rings (SSSR count). The standard InChI is InChI=1S/C24H15ClF3NO5/c25-18-6-1-2-7-19(18)34-21-12-33-20-11-16(8-9-17(20)23(21)31)32-13-22(30)29-15-5-3-4-14(10-15)24(26,27)28/h1-12H,13H2,(H,29,30). The van der Waals surface area contributed by atoms with E-state index in [1.165, 1.54) is 30.3 Å². The number of nitrogens with one attached hydrogen (secondary N) is 1. The van der Waals surface area contributed by atoms with Crippen LogP contribution in [0.3, 0.4) is 0 Å². The van der Waals surface area contributed by atoms with Crippen LogP contribution in [0.25, 0.3) is 11.0 Å². The number of alkyl halides is 3. The lowest BCUT2D eigenvalue weighted by molar-refractivity contribution is -0.137. The first-order valence-corrected chi connectivity index (χ1v) is 10.2. The molecule has 1 aromatic heterocycles. The second kappa shape index (κ2) is 9.48. The Balaban J connectivity index is 1.44. The number of hydrogen-bond donors (Lipinski definition) is 1. The largest absolute Gasteiger partial charge is 0.484 e. The zero-order chi connectivity index (χ0) is 24.3. The Bertz CT molecular complexity index is 1420. The van der Waals surface area contributed by atoms with Crippen molar-refractivity contribution in [3.05, 3.63) is 93.8 Å². The average molecular weight is 490 g/mol. The smallest absolute Gasteiger partial charge is 0.416 e. The van der Waals surface area contributed by atoms with Crippen molar-refractivity contribution >= 4 is 34.2 Å². The van der Waals surface area contributed by atoms with E-state index < -0.39 is 29.7 Å². The molecule has 0 unspecified atom stereocenters. The van der Waals surface area contributed by atoms with E-state index in [0.29, 0.717) is 10.8 Å². The Kier molecular flexibility index (Phi) is 6.47. The fraction of sp³-hybridized carbons (Fsp3) is 0.0833. The van der Waals surface area contributed by atoms with E-state index in [2.05, 4.69) is 5.32 Å². The molecule has 1 heterocycles. The van der Waals surface area contributed by atoms with Crippen molar-refractivity contribution < 1.29 is 31.9 Å². The zero-order valence-electron chi connectivity index (χ0n) is 17.2. The zero-order valence-corrected chi connectivity index (χ0v) is 17.9. The average Bonchev–Trinajstić information content (AvgIpc) is 2.80. The summed E-state index contributed by atoms with van der Waals surface area (Å²) in [7, 11) is 0. The molecule has 34 heavy (non-hydrogen) atoms. The van der Waals surface area contributed by atoms with Gasteiger partial charge in [0.1, 0.15) is 23.3 Å². The van der Waals surface area contributed by atoms with Gasteiger partial charge in [0.2, 0.25) is 11.2 Å². The number of fused-ring (bicyclic) bond motifs is 1. The highest BCUT2D eigenvalue weighted by molar-refractivity contribution is 6.32. The minimum absolute atomic E-state index is 0.0148. The molecule has 6 nitrogen and oxygen atoms in total. The van der Waals surface area contributed by atoms with E-state index >= 15 is 0 Å². The van der Waals surface area contributed by atoms with Gasteiger partial charge in [-0.15, -0.1) is 0 Å². The molecule has 10 heteroatoms. The van der Waals surface area contributed by atoms with Gasteiger partial charge < -0.3 is 19.2 Å². The van der Waals surface area contributed by atoms with E-state index in [-0.39, 0.29) is 28.2 Å². The van der Waals surface area contributed by atoms with Crippen LogP contribution in [0.4, 0.5) is 18.9 Å². The van der Waals surface area contributed by atoms with Crippen LogP contribution in [-0.4, -0.2) is 12.5 Å². The Morgan fingerprint density at radius 1 is 1.00 bits per heavy atom. The summed E-state index contributed by atoms with van der Waals surface area (Å²) >= 11 is 6.05. The summed E-state index contributed by atoms with van der Waals surface area (Å²) < 4.78 is 54.8. The highest BCUT2D eigenvalue weighted by Crippen LogP contribution is 2.31. The van der Waals surface area contributed by atoms with Crippen LogP contribution in [0.1, 0.15) is 5.56 Å². The van der Waals surface area contributed by atoms with Crippen molar-refractivity contribution in [3.8, 4) is 17.2 Å². The van der Waals surface area contributed by atoms with E-state index in [1.54, 1.807) is 24.3 Å². The van der Waals surface area contributed by atoms with Crippen molar-refractivity contribution in [2.24, 2.45) is 0 Å². The molecule has 0 radical (unpaired) electrons. The van der Waals surface area contributed by atoms with Crippen molar-refractivity contribution in [1.29, 1.82) is 0 Å². The molecule has 3 aromatic carbocycles. The first kappa shape index (κ1) is 23.2. The van der Waals surface area contributed by atoms with Gasteiger partial charge in [-0.2, -0.15) is 13.2 Å². The van der Waals surface area contributed by atoms with Gasteiger partial charge in [0, 0.05) is 11.8 Å². The van der Waals surface area contributed by atoms with Crippen LogP contribution in [0.5, 0.6) is 17.2 Å². The summed E-state index contributed by atoms with van der Waals surface area (Å²) in [6, 6.07) is 15.2. The fourth-order valence-corrected chi connectivity index (χ4v) is 3.19. The molecular formula is C24H15ClF3NO5. The molecule has 1 amide bonds. The van der Waals surface area contributed by atoms with Crippen molar-refractivity contribution in [2.45, 2.75) is 6.18 Å². The van der Waals surface area contributed by atoms with Gasteiger partial charge in [0.05, 0.1) is 16.0 Å². The molecule has 0 saturated carbocycles. The van der Waals surface area contributed by atoms with Gasteiger partial charge >= 0.3 is 6.18 Å². The monoisotopic (exact) mass is 489 g/mol. The number of carbonyl (C=O) groups excluding carboxylic acids is 1. The van der Waals surface area contributed by atoms with E-state index in [9.17, 15) is 22.8 Å². The molecule has 0 atom stereocenters. The van der Waals surface area contributed by atoms with Crippen LogP contribution in [-0.2, 0) is 11.0 Å². The van der Waals surface area contributed by atoms with Gasteiger partial charge in [0.15, 0.2) is 6.61 Å². The first-order chi connectivity index (χ1) is 16.2. The predicted octanol–water partition coefficient (Wildman–Crippen LogP) is 6.28. The van der Waals surface area contributed by atoms with Gasteiger partial charge in [-0.05, 0) is 42.5 Å². The summed E-state index contributed by atoms with van der Waals surface area (Å²) in [6.07, 6.45) is -3.39. The number of carbonyl (C=O) groups is 1. The first-order valence-electron chi connectivity index (χ1n) is 9.78. The molecule has 0 bridgehead atoms. The predicted molar refractivity (Wildman–Crippen MR) is 120 cm³/mol. The van der Waals surface area contributed by atoms with Crippen molar-refractivity contribution in [1.82, 2.24) is 0 Å². The minimum atomic E-state index is -4.52. The molecule has 0 aliphatic heterocycles. The Labute approximate surface area is 195 Å². The topological polar surface area (TPSA) is 77.8 Å². The lowest BCUT2D eigenvalue weighted by Crippen LogP contribution is -2.20. The molecule has 0 saturated heterocycles. The van der Waals surface area contributed by atoms with Gasteiger partial charge in [-0.3, -0.25) is 9.59 Å². The highest BCUT2D eigenvalue weighted by Gasteiger charge is 2.30. The van der Waals surface area contributed by atoms with Gasteiger partial charge in [0.25, 0.3) is 5.91 Å². The number of halogens is 4. The highest BCUT2D eigenvalue weighted by atomic mass is 35.5. The Morgan fingerprint density at radius 3 is 2.56 bits per heavy atom. The second-order valence-electron chi connectivity index (χ2n) is 7.03. The summed E-state index contributed by atoms with van der Waals surface area (Å²) in [5.41, 5.74) is -1.14. The molecule has 4 aromatic rings. The van der Waals surface area contributed by atoms with Crippen LogP contribution in [0.15, 0.2) is 82.2 Å². The maximum absolute atomic E-state index is 12.8. The molecule has 0 spiro atoms. The molecule has 0 fully saturated rings. The number of benzene rings is 3. The second-order valence-corrected chi connectivity index (χ2v) is 7.44. The lowest BCUT2D eigenvalue weighted by Gasteiger charge is -2.11. The van der Waals surface area contributed by atoms with Crippen LogP contribution < -0.4 is 20.2 Å². The number of amides is 1. The molecule has 174 valence electrons.